The second-order valence-corrected chi connectivity index (χ2v) is 6.45. The first kappa shape index (κ1) is 14.9. The van der Waals surface area contributed by atoms with E-state index in [-0.39, 0.29) is 24.7 Å². The van der Waals surface area contributed by atoms with Crippen molar-refractivity contribution in [2.45, 2.75) is 17.4 Å². The quantitative estimate of drug-likeness (QED) is 0.813. The van der Waals surface area contributed by atoms with Gasteiger partial charge >= 0.3 is 5.97 Å². The largest absolute Gasteiger partial charge is 0.465 e. The number of rotatable bonds is 3. The van der Waals surface area contributed by atoms with Gasteiger partial charge in [-0.3, -0.25) is 0 Å². The molecule has 0 aliphatic carbocycles. The van der Waals surface area contributed by atoms with Crippen molar-refractivity contribution >= 4 is 16.0 Å². The molecule has 0 saturated carbocycles. The summed E-state index contributed by atoms with van der Waals surface area (Å²) in [5.74, 6) is -1.56. The van der Waals surface area contributed by atoms with E-state index < -0.39 is 26.7 Å². The van der Waals surface area contributed by atoms with E-state index in [0.29, 0.717) is 6.42 Å². The van der Waals surface area contributed by atoms with Crippen LogP contribution in [0.5, 0.6) is 0 Å². The predicted molar refractivity (Wildman–Crippen MR) is 69.1 cm³/mol. The zero-order valence-corrected chi connectivity index (χ0v) is 11.7. The molecule has 20 heavy (non-hydrogen) atoms. The highest BCUT2D eigenvalue weighted by Gasteiger charge is 2.34. The molecule has 0 aromatic heterocycles. The number of sulfonamides is 1. The Morgan fingerprint density at radius 3 is 2.75 bits per heavy atom. The summed E-state index contributed by atoms with van der Waals surface area (Å²) in [5.41, 5.74) is 5.50. The molecule has 110 valence electrons. The van der Waals surface area contributed by atoms with Crippen molar-refractivity contribution in [2.75, 3.05) is 20.2 Å². The van der Waals surface area contributed by atoms with Crippen molar-refractivity contribution in [3.05, 3.63) is 29.6 Å². The monoisotopic (exact) mass is 302 g/mol. The third-order valence-electron chi connectivity index (χ3n) is 3.15. The highest BCUT2D eigenvalue weighted by Crippen LogP contribution is 2.25. The van der Waals surface area contributed by atoms with Gasteiger partial charge in [0.1, 0.15) is 5.82 Å². The topological polar surface area (TPSA) is 89.7 Å². The fraction of sp³-hybridized carbons (Fsp3) is 0.417. The van der Waals surface area contributed by atoms with Crippen molar-refractivity contribution in [3.63, 3.8) is 0 Å². The standard InChI is InChI=1S/C12H15FN2O4S/c1-19-12(16)10-3-2-8(13)6-11(10)20(17,18)15-5-4-9(14)7-15/h2-3,6,9H,4-5,7,14H2,1H3/t9-/m1/s1. The van der Waals surface area contributed by atoms with Crippen LogP contribution in [0.15, 0.2) is 23.1 Å². The molecule has 1 fully saturated rings. The Morgan fingerprint density at radius 2 is 2.20 bits per heavy atom. The average molecular weight is 302 g/mol. The van der Waals surface area contributed by atoms with Crippen molar-refractivity contribution in [3.8, 4) is 0 Å². The van der Waals surface area contributed by atoms with E-state index in [1.165, 1.54) is 0 Å². The van der Waals surface area contributed by atoms with Gasteiger partial charge in [-0.2, -0.15) is 4.31 Å². The molecule has 1 heterocycles. The highest BCUT2D eigenvalue weighted by molar-refractivity contribution is 7.89. The number of hydrogen-bond acceptors (Lipinski definition) is 5. The van der Waals surface area contributed by atoms with Crippen molar-refractivity contribution in [2.24, 2.45) is 5.73 Å². The maximum Gasteiger partial charge on any atom is 0.339 e. The third-order valence-corrected chi connectivity index (χ3v) is 5.06. The highest BCUT2D eigenvalue weighted by atomic mass is 32.2. The number of nitrogens with two attached hydrogens (primary N) is 1. The number of benzene rings is 1. The van der Waals surface area contributed by atoms with Gasteiger partial charge in [0.15, 0.2) is 0 Å². The minimum Gasteiger partial charge on any atom is -0.465 e. The lowest BCUT2D eigenvalue weighted by Gasteiger charge is -2.17. The molecule has 1 atom stereocenters. The van der Waals surface area contributed by atoms with Crippen LogP contribution < -0.4 is 5.73 Å². The molecule has 1 aromatic carbocycles. The Morgan fingerprint density at radius 1 is 1.50 bits per heavy atom. The molecule has 1 aromatic rings. The maximum atomic E-state index is 13.3. The normalized spacial score (nSPS) is 20.1. The Bertz CT molecular complexity index is 632. The fourth-order valence-electron chi connectivity index (χ4n) is 2.10. The summed E-state index contributed by atoms with van der Waals surface area (Å²) in [6.07, 6.45) is 0.530. The van der Waals surface area contributed by atoms with Crippen molar-refractivity contribution in [1.29, 1.82) is 0 Å². The van der Waals surface area contributed by atoms with Gasteiger partial charge in [0.05, 0.1) is 17.6 Å². The molecule has 0 unspecified atom stereocenters. The number of ether oxygens (including phenoxy) is 1. The van der Waals surface area contributed by atoms with Crippen molar-refractivity contribution < 1.29 is 22.3 Å². The van der Waals surface area contributed by atoms with Crippen LogP contribution in [0.4, 0.5) is 4.39 Å². The molecular formula is C12H15FN2O4S. The van der Waals surface area contributed by atoms with Crippen LogP contribution in [0, 0.1) is 5.82 Å². The first-order valence-corrected chi connectivity index (χ1v) is 7.44. The minimum atomic E-state index is -3.97. The van der Waals surface area contributed by atoms with Gasteiger partial charge < -0.3 is 10.5 Å². The number of carbonyl (C=O) groups excluding carboxylic acids is 1. The second-order valence-electron chi connectivity index (χ2n) is 4.54. The lowest BCUT2D eigenvalue weighted by Crippen LogP contribution is -2.33. The van der Waals surface area contributed by atoms with Crippen LogP contribution in [0.3, 0.4) is 0 Å². The Hall–Kier alpha value is -1.51. The number of nitrogens with zero attached hydrogens (tertiary/aromatic N) is 1. The molecule has 0 spiro atoms. The van der Waals surface area contributed by atoms with E-state index in [1.54, 1.807) is 0 Å². The van der Waals surface area contributed by atoms with Gasteiger partial charge in [-0.15, -0.1) is 0 Å². The SMILES string of the molecule is COC(=O)c1ccc(F)cc1S(=O)(=O)N1CC[C@@H](N)C1. The van der Waals surface area contributed by atoms with E-state index in [9.17, 15) is 17.6 Å². The molecule has 1 aliphatic rings. The van der Waals surface area contributed by atoms with Gasteiger partial charge in [0, 0.05) is 19.1 Å². The smallest absolute Gasteiger partial charge is 0.339 e. The van der Waals surface area contributed by atoms with E-state index in [4.69, 9.17) is 5.73 Å². The molecule has 1 saturated heterocycles. The summed E-state index contributed by atoms with van der Waals surface area (Å²) in [6, 6.07) is 2.69. The van der Waals surface area contributed by atoms with Gasteiger partial charge in [-0.05, 0) is 24.6 Å². The summed E-state index contributed by atoms with van der Waals surface area (Å²) in [6.45, 7) is 0.403. The molecule has 2 N–H and O–H groups in total. The molecule has 0 bridgehead atoms. The first-order chi connectivity index (χ1) is 9.36. The van der Waals surface area contributed by atoms with Crippen LogP contribution in [-0.4, -0.2) is 44.9 Å². The lowest BCUT2D eigenvalue weighted by atomic mass is 10.2. The molecule has 2 rings (SSSR count). The van der Waals surface area contributed by atoms with Gasteiger partial charge in [-0.25, -0.2) is 17.6 Å². The molecule has 6 nitrogen and oxygen atoms in total. The number of halogens is 1. The zero-order valence-electron chi connectivity index (χ0n) is 10.9. The van der Waals surface area contributed by atoms with Crippen LogP contribution in [0.2, 0.25) is 0 Å². The van der Waals surface area contributed by atoms with Gasteiger partial charge in [0.2, 0.25) is 10.0 Å². The Balaban J connectivity index is 2.50. The first-order valence-electron chi connectivity index (χ1n) is 6.00. The van der Waals surface area contributed by atoms with Gasteiger partial charge in [0.25, 0.3) is 0 Å². The predicted octanol–water partition coefficient (Wildman–Crippen LogP) is 0.334. The lowest BCUT2D eigenvalue weighted by molar-refractivity contribution is 0.0596. The number of hydrogen-bond donors (Lipinski definition) is 1. The van der Waals surface area contributed by atoms with Crippen LogP contribution in [0.25, 0.3) is 0 Å². The summed E-state index contributed by atoms with van der Waals surface area (Å²) < 4.78 is 44.0. The summed E-state index contributed by atoms with van der Waals surface area (Å²) in [5, 5.41) is 0. The van der Waals surface area contributed by atoms with Crippen LogP contribution in [0.1, 0.15) is 16.8 Å². The van der Waals surface area contributed by atoms with Crippen LogP contribution >= 0.6 is 0 Å². The number of carbonyl (C=O) groups is 1. The molecular weight excluding hydrogens is 287 g/mol. The fourth-order valence-corrected chi connectivity index (χ4v) is 3.80. The van der Waals surface area contributed by atoms with E-state index in [1.807, 2.05) is 0 Å². The maximum absolute atomic E-state index is 13.3. The molecule has 0 amide bonds. The van der Waals surface area contributed by atoms with E-state index >= 15 is 0 Å². The Kier molecular flexibility index (Phi) is 4.07. The van der Waals surface area contributed by atoms with E-state index in [2.05, 4.69) is 4.74 Å². The molecule has 1 aliphatic heterocycles. The zero-order chi connectivity index (χ0) is 14.9. The molecule has 8 heteroatoms. The summed E-state index contributed by atoms with van der Waals surface area (Å²) >= 11 is 0. The Labute approximate surface area is 116 Å². The second kappa shape index (κ2) is 5.47. The van der Waals surface area contributed by atoms with Crippen molar-refractivity contribution in [1.82, 2.24) is 4.31 Å². The minimum absolute atomic E-state index is 0.152. The van der Waals surface area contributed by atoms with E-state index in [0.717, 1.165) is 29.6 Å². The van der Waals surface area contributed by atoms with Gasteiger partial charge in [-0.1, -0.05) is 0 Å². The number of methoxy groups -OCH3 is 1. The average Bonchev–Trinajstić information content (AvgIpc) is 2.85. The third kappa shape index (κ3) is 2.67. The van der Waals surface area contributed by atoms with Crippen LogP contribution in [-0.2, 0) is 14.8 Å². The number of esters is 1. The summed E-state index contributed by atoms with van der Waals surface area (Å²) in [7, 11) is -2.83. The molecule has 0 radical (unpaired) electrons. The summed E-state index contributed by atoms with van der Waals surface area (Å²) in [4.78, 5) is 11.2.